The van der Waals surface area contributed by atoms with Crippen LogP contribution in [0.1, 0.15) is 103 Å². The molecule has 0 aromatic heterocycles. The van der Waals surface area contributed by atoms with Gasteiger partial charge in [0, 0.05) is 25.4 Å². The van der Waals surface area contributed by atoms with Crippen molar-refractivity contribution >= 4 is 11.9 Å². The van der Waals surface area contributed by atoms with Gasteiger partial charge in [0.05, 0.1) is 0 Å². The minimum Gasteiger partial charge on any atom is -0.550 e. The zero-order chi connectivity index (χ0) is 17.2. The number of carboxylic acid groups (broad SMARTS) is 1. The van der Waals surface area contributed by atoms with Crippen LogP contribution in [-0.2, 0) is 9.59 Å². The second-order valence-corrected chi connectivity index (χ2v) is 6.46. The maximum Gasteiger partial charge on any atom is 1.00 e. The minimum atomic E-state index is -1.12. The summed E-state index contributed by atoms with van der Waals surface area (Å²) >= 11 is 0. The van der Waals surface area contributed by atoms with Gasteiger partial charge in [-0.15, -0.1) is 0 Å². The fraction of sp³-hybridized carbons (Fsp3) is 0.895. The Kier molecular flexibility index (Phi) is 22.1. The van der Waals surface area contributed by atoms with Crippen molar-refractivity contribution in [1.82, 2.24) is 5.32 Å². The Morgan fingerprint density at radius 2 is 1.12 bits per heavy atom. The van der Waals surface area contributed by atoms with E-state index in [1.165, 1.54) is 70.6 Å². The molecule has 0 atom stereocenters. The molecule has 0 fully saturated rings. The van der Waals surface area contributed by atoms with Crippen molar-refractivity contribution in [1.29, 1.82) is 0 Å². The summed E-state index contributed by atoms with van der Waals surface area (Å²) in [6, 6.07) is 0. The van der Waals surface area contributed by atoms with Crippen LogP contribution in [0.4, 0.5) is 0 Å². The molecule has 0 aromatic rings. The summed E-state index contributed by atoms with van der Waals surface area (Å²) in [5, 5.41) is 12.8. The average molecular weight is 333 g/mol. The Balaban J connectivity index is 0. The number of unbranched alkanes of at least 4 members (excludes halogenated alkanes) is 12. The van der Waals surface area contributed by atoms with Gasteiger partial charge < -0.3 is 15.2 Å². The van der Waals surface area contributed by atoms with Crippen molar-refractivity contribution in [3.8, 4) is 0 Å². The zero-order valence-electron chi connectivity index (χ0n) is 16.0. The van der Waals surface area contributed by atoms with E-state index in [4.69, 9.17) is 0 Å². The normalized spacial score (nSPS) is 10.2. The number of hydrogen-bond donors (Lipinski definition) is 1. The van der Waals surface area contributed by atoms with Crippen LogP contribution in [0.5, 0.6) is 0 Å². The molecule has 0 unspecified atom stereocenters. The fourth-order valence-electron chi connectivity index (χ4n) is 2.70. The summed E-state index contributed by atoms with van der Waals surface area (Å²) in [5.41, 5.74) is 0. The number of rotatable bonds is 17. The number of aliphatic carboxylic acids is 1. The van der Waals surface area contributed by atoms with Crippen molar-refractivity contribution in [3.05, 3.63) is 0 Å². The van der Waals surface area contributed by atoms with Crippen LogP contribution >= 0.6 is 0 Å². The van der Waals surface area contributed by atoms with E-state index in [1.54, 1.807) is 0 Å². The Morgan fingerprint density at radius 1 is 0.708 bits per heavy atom. The van der Waals surface area contributed by atoms with Gasteiger partial charge in [0.2, 0.25) is 5.91 Å². The molecule has 0 bridgehead atoms. The first kappa shape index (κ1) is 25.8. The number of carbonyl (C=O) groups is 2. The van der Waals surface area contributed by atoms with Crippen LogP contribution in [0.3, 0.4) is 0 Å². The van der Waals surface area contributed by atoms with E-state index in [2.05, 4.69) is 12.2 Å². The van der Waals surface area contributed by atoms with Crippen LogP contribution in [0.25, 0.3) is 0 Å². The van der Waals surface area contributed by atoms with Crippen LogP contribution in [-0.4, -0.2) is 18.4 Å². The Hall–Kier alpha value is -0.463. The summed E-state index contributed by atoms with van der Waals surface area (Å²) in [4.78, 5) is 21.6. The third-order valence-corrected chi connectivity index (χ3v) is 4.16. The Bertz CT molecular complexity index is 298. The van der Waals surface area contributed by atoms with Gasteiger partial charge in [0.15, 0.2) is 0 Å². The molecule has 5 heteroatoms. The van der Waals surface area contributed by atoms with Crippen LogP contribution in [0.15, 0.2) is 0 Å². The first-order valence-electron chi connectivity index (χ1n) is 9.63. The van der Waals surface area contributed by atoms with Gasteiger partial charge in [0.25, 0.3) is 0 Å². The number of nitrogens with one attached hydrogen (secondary N) is 1. The molecule has 0 aromatic carbocycles. The van der Waals surface area contributed by atoms with E-state index in [0.717, 1.165) is 12.8 Å². The van der Waals surface area contributed by atoms with Gasteiger partial charge in [-0.25, -0.2) is 0 Å². The Labute approximate surface area is 160 Å². The number of carbonyl (C=O) groups excluding carboxylic acids is 2. The van der Waals surface area contributed by atoms with E-state index in [9.17, 15) is 14.7 Å². The first-order valence-corrected chi connectivity index (χ1v) is 9.63. The molecule has 0 radical (unpaired) electrons. The number of amides is 1. The molecule has 1 N–H and O–H groups in total. The van der Waals surface area contributed by atoms with Crippen LogP contribution < -0.4 is 29.3 Å². The van der Waals surface area contributed by atoms with E-state index >= 15 is 0 Å². The molecule has 0 saturated carbocycles. The molecule has 0 saturated heterocycles. The summed E-state index contributed by atoms with van der Waals surface area (Å²) in [7, 11) is 0. The molecule has 4 nitrogen and oxygen atoms in total. The number of hydrogen-bond acceptors (Lipinski definition) is 3. The second-order valence-electron chi connectivity index (χ2n) is 6.46. The van der Waals surface area contributed by atoms with E-state index in [0.29, 0.717) is 6.42 Å². The molecule has 0 aliphatic heterocycles. The zero-order valence-corrected chi connectivity index (χ0v) is 16.0. The van der Waals surface area contributed by atoms with Gasteiger partial charge in [0.1, 0.15) is 0 Å². The molecule has 0 spiro atoms. The second kappa shape index (κ2) is 20.6. The predicted molar refractivity (Wildman–Crippen MR) is 92.9 cm³/mol. The Morgan fingerprint density at radius 3 is 1.54 bits per heavy atom. The quantitative estimate of drug-likeness (QED) is 0.315. The maximum atomic E-state index is 11.4. The summed E-state index contributed by atoms with van der Waals surface area (Å²) in [5.74, 6) is -1.17. The maximum absolute atomic E-state index is 11.4. The number of carboxylic acids is 1. The van der Waals surface area contributed by atoms with Crippen LogP contribution in [0, 0.1) is 0 Å². The minimum absolute atomic E-state index is 0. The molecular formula is C19H36LiNO3. The first-order chi connectivity index (χ1) is 11.2. The third kappa shape index (κ3) is 21.5. The summed E-state index contributed by atoms with van der Waals surface area (Å²) in [6.07, 6.45) is 17.2. The fourth-order valence-corrected chi connectivity index (χ4v) is 2.70. The predicted octanol–water partition coefficient (Wildman–Crippen LogP) is 0.728. The topological polar surface area (TPSA) is 69.2 Å². The summed E-state index contributed by atoms with van der Waals surface area (Å²) < 4.78 is 0. The van der Waals surface area contributed by atoms with E-state index in [-0.39, 0.29) is 37.7 Å². The molecule has 0 rings (SSSR count). The molecule has 1 amide bonds. The molecule has 0 aliphatic carbocycles. The van der Waals surface area contributed by atoms with E-state index < -0.39 is 5.97 Å². The van der Waals surface area contributed by atoms with Crippen molar-refractivity contribution in [2.75, 3.05) is 6.54 Å². The molecular weight excluding hydrogens is 297 g/mol. The molecule has 24 heavy (non-hydrogen) atoms. The van der Waals surface area contributed by atoms with E-state index in [1.807, 2.05) is 0 Å². The smallest absolute Gasteiger partial charge is 0.550 e. The van der Waals surface area contributed by atoms with Crippen molar-refractivity contribution in [3.63, 3.8) is 0 Å². The SMILES string of the molecule is CCCCCCCCCCCCCCCC(=O)NCCC(=O)[O-].[Li+]. The third-order valence-electron chi connectivity index (χ3n) is 4.16. The van der Waals surface area contributed by atoms with Crippen molar-refractivity contribution in [2.24, 2.45) is 0 Å². The van der Waals surface area contributed by atoms with Gasteiger partial charge in [-0.1, -0.05) is 84.0 Å². The van der Waals surface area contributed by atoms with Crippen LogP contribution in [0.2, 0.25) is 0 Å². The van der Waals surface area contributed by atoms with Gasteiger partial charge in [-0.2, -0.15) is 0 Å². The van der Waals surface area contributed by atoms with Gasteiger partial charge in [-0.05, 0) is 6.42 Å². The van der Waals surface area contributed by atoms with Gasteiger partial charge >= 0.3 is 18.9 Å². The molecule has 0 aliphatic rings. The average Bonchev–Trinajstić information content (AvgIpc) is 2.51. The standard InChI is InChI=1S/C19H37NO3.Li/c1-2-3-4-5-6-7-8-9-10-11-12-13-14-15-18(21)20-17-16-19(22)23;/h2-17H2,1H3,(H,20,21)(H,22,23);/q;+1/p-1. The largest absolute Gasteiger partial charge is 1.00 e. The monoisotopic (exact) mass is 333 g/mol. The van der Waals surface area contributed by atoms with Gasteiger partial charge in [-0.3, -0.25) is 4.79 Å². The summed E-state index contributed by atoms with van der Waals surface area (Å²) in [6.45, 7) is 2.43. The van der Waals surface area contributed by atoms with Crippen molar-refractivity contribution in [2.45, 2.75) is 103 Å². The molecule has 136 valence electrons. The van der Waals surface area contributed by atoms with Crippen molar-refractivity contribution < 1.29 is 33.6 Å². The molecule has 0 heterocycles.